The number of aliphatic imine (C=N–C) groups is 1. The fourth-order valence-corrected chi connectivity index (χ4v) is 3.75. The number of fused-ring (bicyclic) bond motifs is 4. The first-order valence-corrected chi connectivity index (χ1v) is 9.99. The second-order valence-electron chi connectivity index (χ2n) is 7.66. The van der Waals surface area contributed by atoms with E-state index in [1.165, 1.54) is 23.1 Å². The molecule has 3 amide bonds. The molecular formula is C20H21F3N6O3. The van der Waals surface area contributed by atoms with Gasteiger partial charge in [0.2, 0.25) is 0 Å². The summed E-state index contributed by atoms with van der Waals surface area (Å²) in [5.41, 5.74) is 0.380. The summed E-state index contributed by atoms with van der Waals surface area (Å²) in [6, 6.07) is 0.0819. The Morgan fingerprint density at radius 3 is 2.84 bits per heavy atom. The van der Waals surface area contributed by atoms with Crippen LogP contribution in [0.4, 0.5) is 29.5 Å². The van der Waals surface area contributed by atoms with Crippen LogP contribution in [0, 0.1) is 0 Å². The van der Waals surface area contributed by atoms with Crippen molar-refractivity contribution in [2.24, 2.45) is 4.99 Å². The summed E-state index contributed by atoms with van der Waals surface area (Å²) in [5.74, 6) is -0.710. The highest BCUT2D eigenvalue weighted by molar-refractivity contribution is 6.10. The third kappa shape index (κ3) is 4.25. The highest BCUT2D eigenvalue weighted by Crippen LogP contribution is 2.38. The molecule has 0 aromatic carbocycles. The van der Waals surface area contributed by atoms with Crippen molar-refractivity contribution in [3.8, 4) is 0 Å². The molecule has 3 N–H and O–H groups in total. The van der Waals surface area contributed by atoms with Crippen molar-refractivity contribution < 1.29 is 27.9 Å². The van der Waals surface area contributed by atoms with E-state index in [1.54, 1.807) is 12.1 Å². The molecule has 4 rings (SSSR count). The Balaban J connectivity index is 1.61. The molecule has 0 radical (unpaired) electrons. The first-order valence-electron chi connectivity index (χ1n) is 9.99. The van der Waals surface area contributed by atoms with Crippen LogP contribution in [0.25, 0.3) is 0 Å². The van der Waals surface area contributed by atoms with E-state index in [0.717, 1.165) is 6.92 Å². The van der Waals surface area contributed by atoms with Gasteiger partial charge < -0.3 is 15.3 Å². The summed E-state index contributed by atoms with van der Waals surface area (Å²) in [6.45, 7) is 2.34. The van der Waals surface area contributed by atoms with Crippen LogP contribution in [0.2, 0.25) is 0 Å². The zero-order valence-corrected chi connectivity index (χ0v) is 17.1. The topological polar surface area (TPSA) is 110 Å². The van der Waals surface area contributed by atoms with E-state index in [9.17, 15) is 27.9 Å². The van der Waals surface area contributed by atoms with Crippen molar-refractivity contribution in [1.82, 2.24) is 15.6 Å². The van der Waals surface area contributed by atoms with Crippen molar-refractivity contribution >= 4 is 29.3 Å². The lowest BCUT2D eigenvalue weighted by Crippen LogP contribution is -2.52. The number of nitrogens with zero attached hydrogens (tertiary/aromatic N) is 4. The minimum Gasteiger partial charge on any atom is -0.508 e. The maximum absolute atomic E-state index is 13.1. The minimum atomic E-state index is -4.59. The molecule has 9 nitrogen and oxygen atoms in total. The van der Waals surface area contributed by atoms with Crippen LogP contribution in [0.1, 0.15) is 23.8 Å². The average molecular weight is 450 g/mol. The molecule has 1 saturated heterocycles. The number of alkyl halides is 3. The number of rotatable bonds is 2. The quantitative estimate of drug-likeness (QED) is 0.641. The Labute approximate surface area is 181 Å². The number of amidine groups is 1. The zero-order chi connectivity index (χ0) is 23.0. The number of anilines is 2. The van der Waals surface area contributed by atoms with Crippen LogP contribution in [0.3, 0.4) is 0 Å². The van der Waals surface area contributed by atoms with E-state index in [0.29, 0.717) is 25.2 Å². The smallest absolute Gasteiger partial charge is 0.408 e. The molecular weight excluding hydrogens is 429 g/mol. The summed E-state index contributed by atoms with van der Waals surface area (Å²) < 4.78 is 38.4. The summed E-state index contributed by atoms with van der Waals surface area (Å²) in [5, 5.41) is 14.3. The normalized spacial score (nSPS) is 20.7. The van der Waals surface area contributed by atoms with Crippen molar-refractivity contribution in [1.29, 1.82) is 0 Å². The van der Waals surface area contributed by atoms with E-state index in [1.807, 2.05) is 10.2 Å². The predicted molar refractivity (Wildman–Crippen MR) is 111 cm³/mol. The van der Waals surface area contributed by atoms with E-state index < -0.39 is 24.2 Å². The molecule has 0 unspecified atom stereocenters. The van der Waals surface area contributed by atoms with Gasteiger partial charge in [0.25, 0.3) is 5.91 Å². The van der Waals surface area contributed by atoms with Crippen molar-refractivity contribution in [3.63, 3.8) is 0 Å². The molecule has 12 heteroatoms. The number of allylic oxidation sites excluding steroid dienone is 1. The number of hydrogen-bond donors (Lipinski definition) is 3. The van der Waals surface area contributed by atoms with Crippen molar-refractivity contribution in [2.75, 3.05) is 29.4 Å². The Kier molecular flexibility index (Phi) is 5.53. The minimum absolute atomic E-state index is 0.0662. The van der Waals surface area contributed by atoms with Gasteiger partial charge >= 0.3 is 12.2 Å². The molecule has 1 aromatic heterocycles. The van der Waals surface area contributed by atoms with Gasteiger partial charge in [-0.05, 0) is 31.6 Å². The third-order valence-electron chi connectivity index (χ3n) is 5.42. The molecule has 2 atom stereocenters. The standard InChI is InChI=1S/C20H21F3N6O3/c1-11(20(21,22)23)25-18(31)14-4-5-15-17(26-14)29(12-6-8-28(15)10-12)19(32)27-16-9-13(30)3-2-7-24-16/h2-5,9,11-12,30H,6-8,10H2,1H3,(H,25,31)(H,24,27,32)/t11-,12+/m1/s1. The van der Waals surface area contributed by atoms with Crippen LogP contribution >= 0.6 is 0 Å². The Bertz CT molecular complexity index is 1040. The number of pyridine rings is 1. The van der Waals surface area contributed by atoms with Crippen molar-refractivity contribution in [2.45, 2.75) is 31.6 Å². The number of aliphatic hydroxyl groups is 1. The fraction of sp³-hybridized carbons (Fsp3) is 0.400. The Morgan fingerprint density at radius 1 is 1.31 bits per heavy atom. The summed E-state index contributed by atoms with van der Waals surface area (Å²) in [6.07, 6.45) is 0.467. The van der Waals surface area contributed by atoms with E-state index in [4.69, 9.17) is 0 Å². The molecule has 0 aliphatic carbocycles. The van der Waals surface area contributed by atoms with Gasteiger partial charge in [-0.2, -0.15) is 13.2 Å². The lowest BCUT2D eigenvalue weighted by atomic mass is 10.1. The number of amides is 3. The van der Waals surface area contributed by atoms with Gasteiger partial charge in [-0.3, -0.25) is 20.0 Å². The number of aromatic nitrogens is 1. The molecule has 0 spiro atoms. The molecule has 4 heterocycles. The predicted octanol–water partition coefficient (Wildman–Crippen LogP) is 2.28. The van der Waals surface area contributed by atoms with Gasteiger partial charge in [0.15, 0.2) is 5.82 Å². The molecule has 3 aliphatic heterocycles. The van der Waals surface area contributed by atoms with Gasteiger partial charge in [0.05, 0.1) is 18.3 Å². The lowest BCUT2D eigenvalue weighted by Gasteiger charge is -2.35. The highest BCUT2D eigenvalue weighted by atomic mass is 19.4. The van der Waals surface area contributed by atoms with E-state index in [-0.39, 0.29) is 35.7 Å². The SMILES string of the molecule is C[C@@H](NC(=O)c1ccc2c(n1)N(C(=O)NC1=NCC=CC(O)=C1)[C@H]1CCN2C1)C(F)(F)F. The number of carbonyl (C=O) groups is 2. The van der Waals surface area contributed by atoms with Crippen LogP contribution in [0.5, 0.6) is 0 Å². The number of urea groups is 1. The Morgan fingerprint density at radius 2 is 2.09 bits per heavy atom. The van der Waals surface area contributed by atoms with Crippen molar-refractivity contribution in [3.05, 3.63) is 41.8 Å². The number of aliphatic hydroxyl groups excluding tert-OH is 1. The van der Waals surface area contributed by atoms with Gasteiger partial charge in [0.1, 0.15) is 23.3 Å². The monoisotopic (exact) mass is 450 g/mol. The number of carbonyl (C=O) groups excluding carboxylic acids is 2. The van der Waals surface area contributed by atoms with Gasteiger partial charge in [-0.25, -0.2) is 9.78 Å². The molecule has 170 valence electrons. The lowest BCUT2D eigenvalue weighted by molar-refractivity contribution is -0.149. The largest absolute Gasteiger partial charge is 0.508 e. The van der Waals surface area contributed by atoms with Crippen LogP contribution in [0.15, 0.2) is 41.1 Å². The summed E-state index contributed by atoms with van der Waals surface area (Å²) >= 11 is 0. The molecule has 1 fully saturated rings. The molecule has 0 saturated carbocycles. The third-order valence-corrected chi connectivity index (χ3v) is 5.42. The molecule has 32 heavy (non-hydrogen) atoms. The van der Waals surface area contributed by atoms with E-state index in [2.05, 4.69) is 15.3 Å². The second-order valence-corrected chi connectivity index (χ2v) is 7.66. The summed E-state index contributed by atoms with van der Waals surface area (Å²) in [4.78, 5) is 37.3. The van der Waals surface area contributed by atoms with Gasteiger partial charge in [-0.1, -0.05) is 6.08 Å². The fourth-order valence-electron chi connectivity index (χ4n) is 3.75. The molecule has 3 aliphatic rings. The first-order chi connectivity index (χ1) is 15.1. The highest BCUT2D eigenvalue weighted by Gasteiger charge is 2.41. The molecule has 1 aromatic rings. The van der Waals surface area contributed by atoms with Gasteiger partial charge in [-0.15, -0.1) is 0 Å². The second kappa shape index (κ2) is 8.17. The first kappa shape index (κ1) is 21.7. The van der Waals surface area contributed by atoms with Gasteiger partial charge in [0, 0.05) is 19.2 Å². The zero-order valence-electron chi connectivity index (χ0n) is 17.1. The van der Waals surface area contributed by atoms with Crippen LogP contribution in [-0.2, 0) is 0 Å². The number of hydrogen-bond acceptors (Lipinski definition) is 6. The van der Waals surface area contributed by atoms with Crippen LogP contribution < -0.4 is 20.4 Å². The van der Waals surface area contributed by atoms with E-state index >= 15 is 0 Å². The summed E-state index contributed by atoms with van der Waals surface area (Å²) in [7, 11) is 0. The maximum Gasteiger partial charge on any atom is 0.408 e. The maximum atomic E-state index is 13.1. The molecule has 2 bridgehead atoms. The number of halogens is 3. The number of nitrogens with one attached hydrogen (secondary N) is 2. The Hall–Kier alpha value is -3.57. The van der Waals surface area contributed by atoms with Crippen LogP contribution in [-0.4, -0.2) is 65.8 Å². The average Bonchev–Trinajstić information content (AvgIpc) is 3.02.